The molecule has 0 radical (unpaired) electrons. The number of rotatable bonds is 7. The predicted octanol–water partition coefficient (Wildman–Crippen LogP) is 4.48. The Labute approximate surface area is 180 Å². The minimum absolute atomic E-state index is 0.136. The quantitative estimate of drug-likeness (QED) is 0.566. The predicted molar refractivity (Wildman–Crippen MR) is 116 cm³/mol. The first-order valence-electron chi connectivity index (χ1n) is 10.0. The van der Waals surface area contributed by atoms with Crippen LogP contribution in [0.3, 0.4) is 0 Å². The first kappa shape index (κ1) is 20.3. The molecule has 1 aromatic heterocycles. The van der Waals surface area contributed by atoms with Crippen LogP contribution in [0.4, 0.5) is 0 Å². The van der Waals surface area contributed by atoms with Crippen molar-refractivity contribution in [2.45, 2.75) is 25.8 Å². The number of H-pyrrole nitrogens is 1. The number of methoxy groups -OCH3 is 1. The third-order valence-corrected chi connectivity index (χ3v) is 5.48. The van der Waals surface area contributed by atoms with Gasteiger partial charge in [-0.2, -0.15) is 5.10 Å². The van der Waals surface area contributed by atoms with Crippen molar-refractivity contribution in [2.24, 2.45) is 0 Å². The number of aromatic amines is 1. The van der Waals surface area contributed by atoms with E-state index >= 15 is 0 Å². The number of hydrogen-bond acceptors (Lipinski definition) is 4. The van der Waals surface area contributed by atoms with Gasteiger partial charge in [0.2, 0.25) is 5.91 Å². The number of carbonyl (C=O) groups is 1. The van der Waals surface area contributed by atoms with E-state index in [0.29, 0.717) is 37.6 Å². The number of ether oxygens (including phenoxy) is 2. The van der Waals surface area contributed by atoms with Gasteiger partial charge in [-0.15, -0.1) is 0 Å². The van der Waals surface area contributed by atoms with E-state index in [1.54, 1.807) is 7.11 Å². The maximum atomic E-state index is 12.7. The Morgan fingerprint density at radius 3 is 2.77 bits per heavy atom. The van der Waals surface area contributed by atoms with Gasteiger partial charge in [0.25, 0.3) is 0 Å². The maximum absolute atomic E-state index is 12.7. The minimum Gasteiger partial charge on any atom is -0.497 e. The smallest absolute Gasteiger partial charge is 0.223 e. The van der Waals surface area contributed by atoms with E-state index in [0.717, 1.165) is 40.4 Å². The average Bonchev–Trinajstić information content (AvgIpc) is 3.20. The largest absolute Gasteiger partial charge is 0.497 e. The third kappa shape index (κ3) is 4.60. The number of amides is 1. The van der Waals surface area contributed by atoms with E-state index < -0.39 is 0 Å². The lowest BCUT2D eigenvalue weighted by Crippen LogP contribution is -2.36. The van der Waals surface area contributed by atoms with Gasteiger partial charge < -0.3 is 14.4 Å². The zero-order chi connectivity index (χ0) is 20.9. The topological polar surface area (TPSA) is 67.5 Å². The second kappa shape index (κ2) is 9.22. The second-order valence-corrected chi connectivity index (χ2v) is 7.67. The SMILES string of the molecule is COc1ccc(OCCCC(=O)N2CCc3[nH]nc(-c4cccc(Cl)c4)c3C2)cc1. The molecule has 4 rings (SSSR count). The van der Waals surface area contributed by atoms with Gasteiger partial charge in [0.15, 0.2) is 0 Å². The molecule has 0 bridgehead atoms. The summed E-state index contributed by atoms with van der Waals surface area (Å²) in [5, 5.41) is 8.27. The van der Waals surface area contributed by atoms with Crippen molar-refractivity contribution in [1.82, 2.24) is 15.1 Å². The van der Waals surface area contributed by atoms with Gasteiger partial charge in [-0.25, -0.2) is 0 Å². The summed E-state index contributed by atoms with van der Waals surface area (Å²) in [5.74, 6) is 1.70. The van der Waals surface area contributed by atoms with E-state index in [9.17, 15) is 4.79 Å². The molecule has 3 aromatic rings. The molecule has 2 heterocycles. The van der Waals surface area contributed by atoms with Crippen LogP contribution in [0.25, 0.3) is 11.3 Å². The average molecular weight is 426 g/mol. The molecule has 6 nitrogen and oxygen atoms in total. The molecule has 2 aromatic carbocycles. The van der Waals surface area contributed by atoms with E-state index in [4.69, 9.17) is 21.1 Å². The number of aromatic nitrogens is 2. The molecule has 1 aliphatic rings. The summed E-state index contributed by atoms with van der Waals surface area (Å²) < 4.78 is 10.9. The van der Waals surface area contributed by atoms with Gasteiger partial charge in [-0.1, -0.05) is 23.7 Å². The van der Waals surface area contributed by atoms with Crippen LogP contribution < -0.4 is 9.47 Å². The molecule has 1 aliphatic heterocycles. The molecule has 7 heteroatoms. The van der Waals surface area contributed by atoms with Gasteiger partial charge in [0.1, 0.15) is 11.5 Å². The molecule has 0 aliphatic carbocycles. The lowest BCUT2D eigenvalue weighted by atomic mass is 10.0. The van der Waals surface area contributed by atoms with Gasteiger partial charge in [0.05, 0.1) is 19.4 Å². The molecule has 1 N–H and O–H groups in total. The highest BCUT2D eigenvalue weighted by molar-refractivity contribution is 6.30. The zero-order valence-electron chi connectivity index (χ0n) is 16.9. The van der Waals surface area contributed by atoms with Crippen LogP contribution in [-0.2, 0) is 17.8 Å². The van der Waals surface area contributed by atoms with Gasteiger partial charge in [-0.05, 0) is 42.8 Å². The molecule has 0 fully saturated rings. The molecule has 156 valence electrons. The number of hydrogen-bond donors (Lipinski definition) is 1. The molecule has 0 saturated carbocycles. The van der Waals surface area contributed by atoms with Gasteiger partial charge in [-0.3, -0.25) is 9.89 Å². The summed E-state index contributed by atoms with van der Waals surface area (Å²) in [6.07, 6.45) is 1.90. The summed E-state index contributed by atoms with van der Waals surface area (Å²) >= 11 is 6.13. The van der Waals surface area contributed by atoms with Crippen molar-refractivity contribution in [2.75, 3.05) is 20.3 Å². The molecule has 0 saturated heterocycles. The van der Waals surface area contributed by atoms with E-state index in [2.05, 4.69) is 10.2 Å². The fraction of sp³-hybridized carbons (Fsp3) is 0.304. The van der Waals surface area contributed by atoms with Crippen molar-refractivity contribution in [3.05, 3.63) is 64.8 Å². The van der Waals surface area contributed by atoms with Crippen LogP contribution in [0.1, 0.15) is 24.1 Å². The number of carbonyl (C=O) groups excluding carboxylic acids is 1. The fourth-order valence-electron chi connectivity index (χ4n) is 3.63. The highest BCUT2D eigenvalue weighted by atomic mass is 35.5. The molecule has 0 atom stereocenters. The van der Waals surface area contributed by atoms with Crippen LogP contribution in [0.2, 0.25) is 5.02 Å². The summed E-state index contributed by atoms with van der Waals surface area (Å²) in [4.78, 5) is 14.6. The molecule has 0 spiro atoms. The Morgan fingerprint density at radius 1 is 1.20 bits per heavy atom. The maximum Gasteiger partial charge on any atom is 0.223 e. The number of fused-ring (bicyclic) bond motifs is 1. The first-order valence-corrected chi connectivity index (χ1v) is 10.4. The number of benzene rings is 2. The van der Waals surface area contributed by atoms with Crippen LogP contribution in [0.15, 0.2) is 48.5 Å². The van der Waals surface area contributed by atoms with Crippen LogP contribution in [0, 0.1) is 0 Å². The van der Waals surface area contributed by atoms with Crippen LogP contribution >= 0.6 is 11.6 Å². The van der Waals surface area contributed by atoms with Crippen molar-refractivity contribution in [1.29, 1.82) is 0 Å². The van der Waals surface area contributed by atoms with E-state index in [1.165, 1.54) is 0 Å². The Balaban J connectivity index is 1.31. The molecule has 1 amide bonds. The molecular weight excluding hydrogens is 402 g/mol. The van der Waals surface area contributed by atoms with Gasteiger partial charge in [0, 0.05) is 47.8 Å². The zero-order valence-corrected chi connectivity index (χ0v) is 17.6. The lowest BCUT2D eigenvalue weighted by molar-refractivity contribution is -0.132. The summed E-state index contributed by atoms with van der Waals surface area (Å²) in [7, 11) is 1.63. The second-order valence-electron chi connectivity index (χ2n) is 7.23. The normalized spacial score (nSPS) is 13.1. The van der Waals surface area contributed by atoms with Crippen molar-refractivity contribution < 1.29 is 14.3 Å². The van der Waals surface area contributed by atoms with Crippen LogP contribution in [-0.4, -0.2) is 41.3 Å². The number of nitrogens with one attached hydrogen (secondary N) is 1. The Hall–Kier alpha value is -2.99. The summed E-state index contributed by atoms with van der Waals surface area (Å²) in [5.41, 5.74) is 4.00. The highest BCUT2D eigenvalue weighted by Gasteiger charge is 2.25. The summed E-state index contributed by atoms with van der Waals surface area (Å²) in [6.45, 7) is 1.75. The van der Waals surface area contributed by atoms with Crippen LogP contribution in [0.5, 0.6) is 11.5 Å². The highest BCUT2D eigenvalue weighted by Crippen LogP contribution is 2.30. The number of nitrogens with zero attached hydrogens (tertiary/aromatic N) is 2. The fourth-order valence-corrected chi connectivity index (χ4v) is 3.82. The van der Waals surface area contributed by atoms with E-state index in [1.807, 2.05) is 53.4 Å². The molecule has 30 heavy (non-hydrogen) atoms. The third-order valence-electron chi connectivity index (χ3n) is 5.25. The molecule has 0 unspecified atom stereocenters. The van der Waals surface area contributed by atoms with Crippen molar-refractivity contribution >= 4 is 17.5 Å². The van der Waals surface area contributed by atoms with Crippen molar-refractivity contribution in [3.63, 3.8) is 0 Å². The first-order chi connectivity index (χ1) is 14.6. The lowest BCUT2D eigenvalue weighted by Gasteiger charge is -2.27. The summed E-state index contributed by atoms with van der Waals surface area (Å²) in [6, 6.07) is 15.1. The Morgan fingerprint density at radius 2 is 2.00 bits per heavy atom. The minimum atomic E-state index is 0.136. The standard InChI is InChI=1S/C23H24ClN3O3/c1-29-18-7-9-19(10-8-18)30-13-3-6-22(28)27-12-11-21-20(15-27)23(26-25-21)16-4-2-5-17(24)14-16/h2,4-5,7-10,14H,3,6,11-13,15H2,1H3,(H,25,26). The van der Waals surface area contributed by atoms with E-state index in [-0.39, 0.29) is 5.91 Å². The van der Waals surface area contributed by atoms with Crippen molar-refractivity contribution in [3.8, 4) is 22.8 Å². The Kier molecular flexibility index (Phi) is 6.23. The van der Waals surface area contributed by atoms with Gasteiger partial charge >= 0.3 is 0 Å². The number of halogens is 1. The monoisotopic (exact) mass is 425 g/mol. The molecular formula is C23H24ClN3O3. The Bertz CT molecular complexity index is 1020.